The number of ether oxygens (including phenoxy) is 1. The standard InChI is InChI=1S/C14H20Br2ClNO4S/c15-5-1-3-7-18-12-9-11(17)10-13(23(19,20)21)14(12)22-8-4-2-6-16/h9-10,18H,1-8H2,(H,19,20,21). The van der Waals surface area contributed by atoms with Crippen molar-refractivity contribution in [3.63, 3.8) is 0 Å². The quantitative estimate of drug-likeness (QED) is 0.265. The summed E-state index contributed by atoms with van der Waals surface area (Å²) in [5.74, 6) is 0.116. The first-order valence-electron chi connectivity index (χ1n) is 7.19. The van der Waals surface area contributed by atoms with Gasteiger partial charge in [-0.05, 0) is 37.8 Å². The second-order valence-electron chi connectivity index (χ2n) is 4.82. The molecule has 1 aromatic rings. The Morgan fingerprint density at radius 1 is 1.13 bits per heavy atom. The fourth-order valence-electron chi connectivity index (χ4n) is 1.85. The number of nitrogens with one attached hydrogen (secondary N) is 1. The summed E-state index contributed by atoms with van der Waals surface area (Å²) >= 11 is 12.7. The van der Waals surface area contributed by atoms with E-state index in [1.807, 2.05) is 0 Å². The van der Waals surface area contributed by atoms with Gasteiger partial charge >= 0.3 is 0 Å². The Bertz CT molecular complexity index is 599. The average molecular weight is 494 g/mol. The summed E-state index contributed by atoms with van der Waals surface area (Å²) in [4.78, 5) is -0.313. The van der Waals surface area contributed by atoms with E-state index in [0.717, 1.165) is 36.3 Å². The van der Waals surface area contributed by atoms with Gasteiger partial charge in [0, 0.05) is 22.2 Å². The average Bonchev–Trinajstić information content (AvgIpc) is 2.48. The molecule has 0 unspecified atom stereocenters. The number of anilines is 1. The van der Waals surface area contributed by atoms with Gasteiger partial charge in [-0.1, -0.05) is 43.5 Å². The van der Waals surface area contributed by atoms with E-state index in [0.29, 0.717) is 18.8 Å². The number of benzene rings is 1. The highest BCUT2D eigenvalue weighted by Crippen LogP contribution is 2.36. The smallest absolute Gasteiger partial charge is 0.298 e. The maximum Gasteiger partial charge on any atom is 0.298 e. The molecule has 0 amide bonds. The molecule has 0 bridgehead atoms. The van der Waals surface area contributed by atoms with Gasteiger partial charge in [0.2, 0.25) is 0 Å². The van der Waals surface area contributed by atoms with Crippen molar-refractivity contribution in [3.8, 4) is 5.75 Å². The number of alkyl halides is 2. The second-order valence-corrected chi connectivity index (χ2v) is 8.24. The van der Waals surface area contributed by atoms with Crippen LogP contribution in [-0.4, -0.2) is 36.8 Å². The van der Waals surface area contributed by atoms with Crippen LogP contribution in [0.4, 0.5) is 5.69 Å². The van der Waals surface area contributed by atoms with Crippen molar-refractivity contribution in [1.29, 1.82) is 0 Å². The SMILES string of the molecule is O=S(=O)(O)c1cc(Cl)cc(NCCCCBr)c1OCCCCBr. The summed E-state index contributed by atoms with van der Waals surface area (Å²) < 4.78 is 38.2. The van der Waals surface area contributed by atoms with E-state index in [1.54, 1.807) is 6.07 Å². The molecule has 1 rings (SSSR count). The maximum atomic E-state index is 11.6. The van der Waals surface area contributed by atoms with Crippen LogP contribution in [0.2, 0.25) is 5.02 Å². The topological polar surface area (TPSA) is 75.6 Å². The summed E-state index contributed by atoms with van der Waals surface area (Å²) in [7, 11) is -4.42. The summed E-state index contributed by atoms with van der Waals surface area (Å²) in [5, 5.41) is 5.09. The van der Waals surface area contributed by atoms with E-state index in [9.17, 15) is 13.0 Å². The van der Waals surface area contributed by atoms with Crippen LogP contribution >= 0.6 is 43.5 Å². The second kappa shape index (κ2) is 10.8. The molecular weight excluding hydrogens is 473 g/mol. The minimum absolute atomic E-state index is 0.116. The fourth-order valence-corrected chi connectivity index (χ4v) is 3.61. The van der Waals surface area contributed by atoms with Gasteiger partial charge in [-0.15, -0.1) is 0 Å². The molecule has 2 N–H and O–H groups in total. The van der Waals surface area contributed by atoms with Crippen LogP contribution in [0, 0.1) is 0 Å². The Hall–Kier alpha value is -0.0200. The Morgan fingerprint density at radius 3 is 2.39 bits per heavy atom. The molecule has 0 spiro atoms. The van der Waals surface area contributed by atoms with E-state index in [-0.39, 0.29) is 15.7 Å². The maximum absolute atomic E-state index is 11.6. The zero-order valence-corrected chi connectivity index (χ0v) is 17.3. The first-order chi connectivity index (χ1) is 10.9. The van der Waals surface area contributed by atoms with E-state index >= 15 is 0 Å². The number of rotatable bonds is 11. The molecule has 0 fully saturated rings. The zero-order valence-electron chi connectivity index (χ0n) is 12.5. The number of hydrogen-bond donors (Lipinski definition) is 2. The van der Waals surface area contributed by atoms with Gasteiger partial charge < -0.3 is 10.1 Å². The number of halogens is 3. The Labute approximate surface area is 159 Å². The minimum Gasteiger partial charge on any atom is -0.490 e. The lowest BCUT2D eigenvalue weighted by molar-refractivity contribution is 0.302. The lowest BCUT2D eigenvalue weighted by Crippen LogP contribution is -2.10. The highest BCUT2D eigenvalue weighted by molar-refractivity contribution is 9.09. The van der Waals surface area contributed by atoms with Gasteiger partial charge in [-0.3, -0.25) is 4.55 Å². The Morgan fingerprint density at radius 2 is 1.78 bits per heavy atom. The number of unbranched alkanes of at least 4 members (excludes halogenated alkanes) is 2. The van der Waals surface area contributed by atoms with Crippen LogP contribution in [0.3, 0.4) is 0 Å². The summed E-state index contributed by atoms with van der Waals surface area (Å²) in [6, 6.07) is 2.80. The molecule has 0 atom stereocenters. The van der Waals surface area contributed by atoms with Gasteiger partial charge in [0.05, 0.1) is 12.3 Å². The molecule has 0 radical (unpaired) electrons. The molecule has 0 saturated heterocycles. The molecule has 132 valence electrons. The van der Waals surface area contributed by atoms with Crippen LogP contribution in [0.15, 0.2) is 17.0 Å². The molecular formula is C14H20Br2ClNO4S. The number of hydrogen-bond acceptors (Lipinski definition) is 4. The first-order valence-corrected chi connectivity index (χ1v) is 11.3. The lowest BCUT2D eigenvalue weighted by atomic mass is 10.2. The molecule has 1 aromatic carbocycles. The van der Waals surface area contributed by atoms with Crippen LogP contribution in [0.5, 0.6) is 5.75 Å². The fraction of sp³-hybridized carbons (Fsp3) is 0.571. The molecule has 0 aromatic heterocycles. The lowest BCUT2D eigenvalue weighted by Gasteiger charge is -2.16. The van der Waals surface area contributed by atoms with Crippen molar-refractivity contribution < 1.29 is 17.7 Å². The van der Waals surface area contributed by atoms with Gasteiger partial charge in [-0.25, -0.2) is 0 Å². The van der Waals surface area contributed by atoms with E-state index in [1.165, 1.54) is 6.07 Å². The van der Waals surface area contributed by atoms with E-state index in [4.69, 9.17) is 16.3 Å². The molecule has 0 aliphatic rings. The van der Waals surface area contributed by atoms with Gasteiger partial charge in [0.1, 0.15) is 4.90 Å². The van der Waals surface area contributed by atoms with Crippen LogP contribution in [0.1, 0.15) is 25.7 Å². The molecule has 0 aliphatic carbocycles. The molecule has 0 saturated carbocycles. The molecule has 0 heterocycles. The highest BCUT2D eigenvalue weighted by atomic mass is 79.9. The largest absolute Gasteiger partial charge is 0.490 e. The monoisotopic (exact) mass is 491 g/mol. The third kappa shape index (κ3) is 7.60. The molecule has 9 heteroatoms. The predicted molar refractivity (Wildman–Crippen MR) is 101 cm³/mol. The summed E-state index contributed by atoms with van der Waals surface area (Å²) in [6.45, 7) is 1.00. The van der Waals surface area contributed by atoms with E-state index < -0.39 is 10.1 Å². The summed E-state index contributed by atoms with van der Waals surface area (Å²) in [6.07, 6.45) is 3.56. The third-order valence-corrected chi connectivity index (χ3v) is 5.15. The third-order valence-electron chi connectivity index (χ3n) is 2.95. The predicted octanol–water partition coefficient (Wildman–Crippen LogP) is 4.73. The van der Waals surface area contributed by atoms with Crippen LogP contribution < -0.4 is 10.1 Å². The van der Waals surface area contributed by atoms with Gasteiger partial charge in [0.15, 0.2) is 5.75 Å². The van der Waals surface area contributed by atoms with Crippen molar-refractivity contribution in [2.45, 2.75) is 30.6 Å². The normalized spacial score (nSPS) is 11.5. The zero-order chi connectivity index (χ0) is 17.3. The van der Waals surface area contributed by atoms with Crippen molar-refractivity contribution in [2.24, 2.45) is 0 Å². The van der Waals surface area contributed by atoms with Gasteiger partial charge in [-0.2, -0.15) is 8.42 Å². The van der Waals surface area contributed by atoms with E-state index in [2.05, 4.69) is 37.2 Å². The van der Waals surface area contributed by atoms with Crippen LogP contribution in [-0.2, 0) is 10.1 Å². The molecule has 0 aliphatic heterocycles. The van der Waals surface area contributed by atoms with Crippen molar-refractivity contribution in [1.82, 2.24) is 0 Å². The van der Waals surface area contributed by atoms with Crippen molar-refractivity contribution in [3.05, 3.63) is 17.2 Å². The Balaban J connectivity index is 3.01. The molecule has 23 heavy (non-hydrogen) atoms. The van der Waals surface area contributed by atoms with Crippen LogP contribution in [0.25, 0.3) is 0 Å². The van der Waals surface area contributed by atoms with Crippen molar-refractivity contribution in [2.75, 3.05) is 29.1 Å². The van der Waals surface area contributed by atoms with Crippen molar-refractivity contribution >= 4 is 59.3 Å². The highest BCUT2D eigenvalue weighted by Gasteiger charge is 2.21. The molecule has 5 nitrogen and oxygen atoms in total. The summed E-state index contributed by atoms with van der Waals surface area (Å²) in [5.41, 5.74) is 0.471. The Kier molecular flexibility index (Phi) is 9.84. The minimum atomic E-state index is -4.42. The first kappa shape index (κ1) is 21.0. The van der Waals surface area contributed by atoms with Gasteiger partial charge in [0.25, 0.3) is 10.1 Å².